The Hall–Kier alpha value is -3.09. The molecule has 0 bridgehead atoms. The minimum Gasteiger partial charge on any atom is -0.497 e. The standard InChI is InChI=1S/C20H24O7/c1-23-13-8-12(9-14(10-13)24-2)6-7-15-16(20(21)22)11-17(25-3)19(27-5)18(15)26-4/h8-11H,6-7H2,1-5H3,(H,21,22). The minimum absolute atomic E-state index is 0.111. The van der Waals surface area contributed by atoms with Gasteiger partial charge >= 0.3 is 5.97 Å². The van der Waals surface area contributed by atoms with E-state index in [9.17, 15) is 9.90 Å². The summed E-state index contributed by atoms with van der Waals surface area (Å²) in [4.78, 5) is 11.8. The van der Waals surface area contributed by atoms with E-state index in [1.54, 1.807) is 20.3 Å². The van der Waals surface area contributed by atoms with Crippen LogP contribution in [0, 0.1) is 0 Å². The fourth-order valence-corrected chi connectivity index (χ4v) is 2.93. The number of ether oxygens (including phenoxy) is 5. The van der Waals surface area contributed by atoms with E-state index in [0.717, 1.165) is 5.56 Å². The second-order valence-corrected chi connectivity index (χ2v) is 5.70. The number of carboxylic acids is 1. The molecule has 2 aromatic carbocycles. The van der Waals surface area contributed by atoms with E-state index in [0.29, 0.717) is 47.2 Å². The van der Waals surface area contributed by atoms with Crippen molar-refractivity contribution in [3.63, 3.8) is 0 Å². The van der Waals surface area contributed by atoms with Gasteiger partial charge in [0.1, 0.15) is 11.5 Å². The Bertz CT molecular complexity index is 792. The molecule has 0 aliphatic carbocycles. The van der Waals surface area contributed by atoms with E-state index in [-0.39, 0.29) is 5.56 Å². The number of carbonyl (C=O) groups is 1. The number of hydrogen-bond donors (Lipinski definition) is 1. The molecule has 0 atom stereocenters. The highest BCUT2D eigenvalue weighted by atomic mass is 16.5. The second-order valence-electron chi connectivity index (χ2n) is 5.70. The molecular formula is C20H24O7. The Balaban J connectivity index is 2.47. The lowest BCUT2D eigenvalue weighted by Crippen LogP contribution is -2.09. The first-order valence-electron chi connectivity index (χ1n) is 8.26. The number of benzene rings is 2. The fourth-order valence-electron chi connectivity index (χ4n) is 2.93. The van der Waals surface area contributed by atoms with Gasteiger partial charge in [-0.1, -0.05) is 0 Å². The quantitative estimate of drug-likeness (QED) is 0.719. The third-order valence-electron chi connectivity index (χ3n) is 4.24. The van der Waals surface area contributed by atoms with Crippen LogP contribution in [-0.2, 0) is 12.8 Å². The smallest absolute Gasteiger partial charge is 0.336 e. The Morgan fingerprint density at radius 1 is 0.778 bits per heavy atom. The summed E-state index contributed by atoms with van der Waals surface area (Å²) < 4.78 is 26.7. The topological polar surface area (TPSA) is 83.5 Å². The lowest BCUT2D eigenvalue weighted by atomic mass is 9.97. The van der Waals surface area contributed by atoms with E-state index < -0.39 is 5.97 Å². The number of aryl methyl sites for hydroxylation is 1. The maximum absolute atomic E-state index is 11.8. The van der Waals surface area contributed by atoms with Crippen molar-refractivity contribution in [3.05, 3.63) is 41.0 Å². The molecule has 0 radical (unpaired) electrons. The lowest BCUT2D eigenvalue weighted by molar-refractivity contribution is 0.0694. The van der Waals surface area contributed by atoms with Crippen LogP contribution in [0.25, 0.3) is 0 Å². The molecule has 0 aliphatic heterocycles. The van der Waals surface area contributed by atoms with Gasteiger partial charge < -0.3 is 28.8 Å². The molecule has 27 heavy (non-hydrogen) atoms. The third-order valence-corrected chi connectivity index (χ3v) is 4.24. The molecular weight excluding hydrogens is 352 g/mol. The van der Waals surface area contributed by atoms with Crippen molar-refractivity contribution in [1.82, 2.24) is 0 Å². The second kappa shape index (κ2) is 9.02. The van der Waals surface area contributed by atoms with Crippen LogP contribution in [0.3, 0.4) is 0 Å². The van der Waals surface area contributed by atoms with Crippen LogP contribution in [0.4, 0.5) is 0 Å². The summed E-state index contributed by atoms with van der Waals surface area (Å²) in [5.41, 5.74) is 1.59. The van der Waals surface area contributed by atoms with Crippen LogP contribution in [-0.4, -0.2) is 46.6 Å². The maximum atomic E-state index is 11.8. The van der Waals surface area contributed by atoms with Crippen molar-refractivity contribution in [1.29, 1.82) is 0 Å². The molecule has 0 aromatic heterocycles. The van der Waals surface area contributed by atoms with Gasteiger partial charge in [0.15, 0.2) is 11.5 Å². The molecule has 0 amide bonds. The first kappa shape index (κ1) is 20.2. The maximum Gasteiger partial charge on any atom is 0.336 e. The predicted octanol–water partition coefficient (Wildman–Crippen LogP) is 3.21. The van der Waals surface area contributed by atoms with Gasteiger partial charge in [-0.15, -0.1) is 0 Å². The monoisotopic (exact) mass is 376 g/mol. The molecule has 0 heterocycles. The van der Waals surface area contributed by atoms with Gasteiger partial charge in [-0.25, -0.2) is 4.79 Å². The SMILES string of the molecule is COc1cc(CCc2c(C(=O)O)cc(OC)c(OC)c2OC)cc(OC)c1. The molecule has 0 saturated carbocycles. The molecule has 0 aliphatic rings. The summed E-state index contributed by atoms with van der Waals surface area (Å²) in [5, 5.41) is 9.64. The zero-order valence-electron chi connectivity index (χ0n) is 16.1. The van der Waals surface area contributed by atoms with Crippen LogP contribution in [0.15, 0.2) is 24.3 Å². The number of carboxylic acid groups (broad SMARTS) is 1. The highest BCUT2D eigenvalue weighted by Gasteiger charge is 2.23. The first-order chi connectivity index (χ1) is 13.0. The molecule has 7 heteroatoms. The van der Waals surface area contributed by atoms with Crippen LogP contribution in [0.2, 0.25) is 0 Å². The summed E-state index contributed by atoms with van der Waals surface area (Å²) >= 11 is 0. The highest BCUT2D eigenvalue weighted by molar-refractivity contribution is 5.92. The Morgan fingerprint density at radius 3 is 1.81 bits per heavy atom. The Morgan fingerprint density at radius 2 is 1.37 bits per heavy atom. The molecule has 0 unspecified atom stereocenters. The molecule has 0 spiro atoms. The average molecular weight is 376 g/mol. The van der Waals surface area contributed by atoms with Gasteiger partial charge in [-0.2, -0.15) is 0 Å². The Labute approximate surface area is 158 Å². The molecule has 1 N–H and O–H groups in total. The number of aromatic carboxylic acids is 1. The summed E-state index contributed by atoms with van der Waals surface area (Å²) in [6, 6.07) is 7.00. The van der Waals surface area contributed by atoms with Crippen molar-refractivity contribution in [3.8, 4) is 28.7 Å². The van der Waals surface area contributed by atoms with Crippen LogP contribution in [0.5, 0.6) is 28.7 Å². The van der Waals surface area contributed by atoms with Gasteiger partial charge in [-0.05, 0) is 36.6 Å². The highest BCUT2D eigenvalue weighted by Crippen LogP contribution is 2.42. The molecule has 146 valence electrons. The van der Waals surface area contributed by atoms with Crippen molar-refractivity contribution in [2.75, 3.05) is 35.5 Å². The molecule has 2 rings (SSSR count). The summed E-state index contributed by atoms with van der Waals surface area (Å²) in [6.07, 6.45) is 0.973. The van der Waals surface area contributed by atoms with Crippen molar-refractivity contribution in [2.45, 2.75) is 12.8 Å². The fraction of sp³-hybridized carbons (Fsp3) is 0.350. The van der Waals surface area contributed by atoms with E-state index in [1.165, 1.54) is 27.4 Å². The summed E-state index contributed by atoms with van der Waals surface area (Å²) in [6.45, 7) is 0. The van der Waals surface area contributed by atoms with E-state index in [2.05, 4.69) is 0 Å². The van der Waals surface area contributed by atoms with E-state index in [4.69, 9.17) is 23.7 Å². The van der Waals surface area contributed by atoms with Crippen LogP contribution in [0.1, 0.15) is 21.5 Å². The Kier molecular flexibility index (Phi) is 6.76. The zero-order valence-corrected chi connectivity index (χ0v) is 16.1. The number of hydrogen-bond acceptors (Lipinski definition) is 6. The van der Waals surface area contributed by atoms with Crippen molar-refractivity contribution >= 4 is 5.97 Å². The zero-order chi connectivity index (χ0) is 20.0. The van der Waals surface area contributed by atoms with E-state index >= 15 is 0 Å². The predicted molar refractivity (Wildman–Crippen MR) is 100 cm³/mol. The minimum atomic E-state index is -1.06. The summed E-state index contributed by atoms with van der Waals surface area (Å²) in [7, 11) is 7.57. The first-order valence-corrected chi connectivity index (χ1v) is 8.26. The number of methoxy groups -OCH3 is 5. The van der Waals surface area contributed by atoms with Crippen molar-refractivity contribution < 1.29 is 33.6 Å². The molecule has 7 nitrogen and oxygen atoms in total. The molecule has 2 aromatic rings. The molecule has 0 saturated heterocycles. The van der Waals surface area contributed by atoms with Crippen LogP contribution >= 0.6 is 0 Å². The summed E-state index contributed by atoms with van der Waals surface area (Å²) in [5.74, 6) is 1.29. The normalized spacial score (nSPS) is 10.3. The largest absolute Gasteiger partial charge is 0.497 e. The average Bonchev–Trinajstić information content (AvgIpc) is 2.70. The van der Waals surface area contributed by atoms with E-state index in [1.807, 2.05) is 12.1 Å². The van der Waals surface area contributed by atoms with Crippen LogP contribution < -0.4 is 23.7 Å². The number of rotatable bonds is 9. The third kappa shape index (κ3) is 4.36. The van der Waals surface area contributed by atoms with Gasteiger partial charge in [0, 0.05) is 11.6 Å². The van der Waals surface area contributed by atoms with Gasteiger partial charge in [0.05, 0.1) is 41.1 Å². The van der Waals surface area contributed by atoms with Gasteiger partial charge in [-0.3, -0.25) is 0 Å². The van der Waals surface area contributed by atoms with Gasteiger partial charge in [0.25, 0.3) is 0 Å². The van der Waals surface area contributed by atoms with Crippen molar-refractivity contribution in [2.24, 2.45) is 0 Å². The molecule has 0 fully saturated rings. The lowest BCUT2D eigenvalue weighted by Gasteiger charge is -2.18. The van der Waals surface area contributed by atoms with Gasteiger partial charge in [0.2, 0.25) is 5.75 Å².